The van der Waals surface area contributed by atoms with Gasteiger partial charge in [-0.05, 0) is 40.8 Å². The molecule has 0 fully saturated rings. The van der Waals surface area contributed by atoms with Gasteiger partial charge in [0.15, 0.2) is 5.82 Å². The van der Waals surface area contributed by atoms with E-state index in [1.807, 2.05) is 39.8 Å². The predicted octanol–water partition coefficient (Wildman–Crippen LogP) is 4.01. The van der Waals surface area contributed by atoms with Crippen molar-refractivity contribution in [2.45, 2.75) is 55.0 Å². The molecule has 1 heterocycles. The molecule has 5 heteroatoms. The average molecular weight is 310 g/mol. The Hall–Kier alpha value is -1.62. The molecule has 0 aromatic carbocycles. The van der Waals surface area contributed by atoms with Gasteiger partial charge in [0.25, 0.3) is 0 Å². The number of hydrogen-bond donors (Lipinski definition) is 1. The highest BCUT2D eigenvalue weighted by Gasteiger charge is 1.99. The third kappa shape index (κ3) is 14.8. The Morgan fingerprint density at radius 1 is 1.27 bits per heavy atom. The summed E-state index contributed by atoms with van der Waals surface area (Å²) in [5, 5.41) is 7.00. The maximum atomic E-state index is 4.65. The van der Waals surface area contributed by atoms with Crippen LogP contribution in [0.15, 0.2) is 34.8 Å². The van der Waals surface area contributed by atoms with E-state index >= 15 is 0 Å². The molecule has 0 aliphatic carbocycles. The van der Waals surface area contributed by atoms with Crippen LogP contribution in [-0.2, 0) is 6.54 Å². The number of likely N-dealkylation sites (N-methyl/N-ethyl adjacent to an activating group) is 1. The van der Waals surface area contributed by atoms with Crippen LogP contribution in [0.2, 0.25) is 0 Å². The molecular formula is C17H34N4O. The Kier molecular flexibility index (Phi) is 18.0. The molecule has 128 valence electrons. The largest absolute Gasteiger partial charge is 0.376 e. The Morgan fingerprint density at radius 2 is 1.91 bits per heavy atom. The van der Waals surface area contributed by atoms with Gasteiger partial charge in [-0.2, -0.15) is 4.98 Å². The van der Waals surface area contributed by atoms with Crippen molar-refractivity contribution in [3.8, 4) is 0 Å². The molecule has 0 saturated carbocycles. The van der Waals surface area contributed by atoms with Crippen molar-refractivity contribution < 1.29 is 4.52 Å². The van der Waals surface area contributed by atoms with E-state index in [0.29, 0.717) is 12.4 Å². The zero-order valence-electron chi connectivity index (χ0n) is 15.4. The second-order valence-corrected chi connectivity index (χ2v) is 4.53. The summed E-state index contributed by atoms with van der Waals surface area (Å²) in [6.45, 7) is 17.9. The molecule has 0 aliphatic heterocycles. The van der Waals surface area contributed by atoms with Crippen molar-refractivity contribution in [2.75, 3.05) is 19.6 Å². The maximum Gasteiger partial charge on any atom is 0.213 e. The Morgan fingerprint density at radius 3 is 2.32 bits per heavy atom. The molecule has 1 N–H and O–H groups in total. The summed E-state index contributed by atoms with van der Waals surface area (Å²) in [7, 11) is 0. The lowest BCUT2D eigenvalue weighted by molar-refractivity contribution is 0.380. The quantitative estimate of drug-likeness (QED) is 0.609. The van der Waals surface area contributed by atoms with Gasteiger partial charge in [0, 0.05) is 19.6 Å². The van der Waals surface area contributed by atoms with Crippen molar-refractivity contribution in [3.05, 3.63) is 36.1 Å². The highest BCUT2D eigenvalue weighted by Crippen LogP contribution is 1.95. The zero-order valence-corrected chi connectivity index (χ0v) is 15.4. The number of rotatable bonds is 7. The molecule has 0 atom stereocenters. The Balaban J connectivity index is 0. The summed E-state index contributed by atoms with van der Waals surface area (Å²) >= 11 is 0. The van der Waals surface area contributed by atoms with Crippen LogP contribution in [0.3, 0.4) is 0 Å². The van der Waals surface area contributed by atoms with Gasteiger partial charge in [-0.3, -0.25) is 0 Å². The lowest BCUT2D eigenvalue weighted by Crippen LogP contribution is -2.28. The first kappa shape index (κ1) is 22.7. The molecule has 1 aromatic rings. The summed E-state index contributed by atoms with van der Waals surface area (Å²) in [4.78, 5) is 6.21. The van der Waals surface area contributed by atoms with E-state index in [0.717, 1.165) is 19.6 Å². The van der Waals surface area contributed by atoms with Gasteiger partial charge >= 0.3 is 0 Å². The van der Waals surface area contributed by atoms with Crippen LogP contribution in [0, 0.1) is 0 Å². The highest BCUT2D eigenvalue weighted by atomic mass is 16.5. The van der Waals surface area contributed by atoms with E-state index in [1.54, 1.807) is 0 Å². The summed E-state index contributed by atoms with van der Waals surface area (Å²) in [5.41, 5.74) is 1.32. The van der Waals surface area contributed by atoms with Crippen LogP contribution in [-0.4, -0.2) is 34.7 Å². The average Bonchev–Trinajstić information content (AvgIpc) is 3.05. The molecular weight excluding hydrogens is 276 g/mol. The Bertz CT molecular complexity index is 364. The van der Waals surface area contributed by atoms with Gasteiger partial charge in [0.05, 0.1) is 6.54 Å². The molecule has 5 nitrogen and oxygen atoms in total. The van der Waals surface area contributed by atoms with Crippen LogP contribution >= 0.6 is 0 Å². The lowest BCUT2D eigenvalue weighted by Gasteiger charge is -2.18. The second kappa shape index (κ2) is 17.4. The number of hydrogen-bond acceptors (Lipinski definition) is 5. The minimum absolute atomic E-state index is 0.656. The van der Waals surface area contributed by atoms with Gasteiger partial charge in [-0.15, -0.1) is 0 Å². The minimum atomic E-state index is 0.656. The second-order valence-electron chi connectivity index (χ2n) is 4.53. The van der Waals surface area contributed by atoms with Crippen LogP contribution < -0.4 is 5.32 Å². The molecule has 0 aliphatic rings. The third-order valence-corrected chi connectivity index (χ3v) is 2.45. The summed E-state index contributed by atoms with van der Waals surface area (Å²) in [6.07, 6.45) is 7.52. The first-order valence-corrected chi connectivity index (χ1v) is 8.06. The molecule has 22 heavy (non-hydrogen) atoms. The first-order chi connectivity index (χ1) is 10.6. The van der Waals surface area contributed by atoms with E-state index in [4.69, 9.17) is 0 Å². The molecule has 0 radical (unpaired) electrons. The number of allylic oxidation sites excluding steroid dienone is 3. The summed E-state index contributed by atoms with van der Waals surface area (Å²) < 4.78 is 4.65. The minimum Gasteiger partial charge on any atom is -0.376 e. The topological polar surface area (TPSA) is 54.2 Å². The monoisotopic (exact) mass is 310 g/mol. The zero-order chi connectivity index (χ0) is 17.2. The van der Waals surface area contributed by atoms with Crippen LogP contribution in [0.4, 0.5) is 0 Å². The smallest absolute Gasteiger partial charge is 0.213 e. The van der Waals surface area contributed by atoms with Crippen molar-refractivity contribution >= 4 is 0 Å². The molecule has 1 aromatic heterocycles. The van der Waals surface area contributed by atoms with E-state index < -0.39 is 0 Å². The molecule has 1 rings (SSSR count). The normalized spacial score (nSPS) is 9.41. The number of aromatic nitrogens is 2. The van der Waals surface area contributed by atoms with Crippen LogP contribution in [0.5, 0.6) is 0 Å². The standard InChI is InChI=1S/C11H20N4O.C4H8.C2H6/c1-4-15(8-10(2)3)6-5-12-7-11-13-9-16-14-11;1-3-4-2;1-2/h8-9,12H,4-7H2,1-3H3;3-4H,1-2H3;1-2H3/b;4-3-;. The van der Waals surface area contributed by atoms with Crippen LogP contribution in [0.25, 0.3) is 0 Å². The highest BCUT2D eigenvalue weighted by molar-refractivity contribution is 4.92. The summed E-state index contributed by atoms with van der Waals surface area (Å²) in [5.74, 6) is 0.699. The van der Waals surface area contributed by atoms with E-state index in [9.17, 15) is 0 Å². The SMILES string of the molecule is C/C=C\C.CC.CCN(C=C(C)C)CCNCc1ncon1. The molecule has 0 saturated heterocycles. The third-order valence-electron chi connectivity index (χ3n) is 2.45. The number of nitrogens with one attached hydrogen (secondary N) is 1. The van der Waals surface area contributed by atoms with Gasteiger partial charge < -0.3 is 14.7 Å². The van der Waals surface area contributed by atoms with Gasteiger partial charge in [0.2, 0.25) is 6.39 Å². The van der Waals surface area contributed by atoms with E-state index in [2.05, 4.69) is 51.9 Å². The van der Waals surface area contributed by atoms with Crippen molar-refractivity contribution in [3.63, 3.8) is 0 Å². The number of nitrogens with zero attached hydrogens (tertiary/aromatic N) is 3. The summed E-state index contributed by atoms with van der Waals surface area (Å²) in [6, 6.07) is 0. The fourth-order valence-corrected chi connectivity index (χ4v) is 1.37. The van der Waals surface area contributed by atoms with Gasteiger partial charge in [-0.25, -0.2) is 0 Å². The van der Waals surface area contributed by atoms with Crippen molar-refractivity contribution in [1.29, 1.82) is 0 Å². The van der Waals surface area contributed by atoms with Crippen LogP contribution in [0.1, 0.15) is 54.3 Å². The van der Waals surface area contributed by atoms with E-state index in [1.165, 1.54) is 12.0 Å². The Labute approximate surface area is 136 Å². The molecule has 0 spiro atoms. The fourth-order valence-electron chi connectivity index (χ4n) is 1.37. The predicted molar refractivity (Wildman–Crippen MR) is 94.5 cm³/mol. The van der Waals surface area contributed by atoms with Gasteiger partial charge in [0.1, 0.15) is 0 Å². The van der Waals surface area contributed by atoms with E-state index in [-0.39, 0.29) is 0 Å². The maximum absolute atomic E-state index is 4.65. The molecule has 0 amide bonds. The molecule has 0 bridgehead atoms. The fraction of sp³-hybridized carbons (Fsp3) is 0.647. The molecule has 0 unspecified atom stereocenters. The first-order valence-electron chi connectivity index (χ1n) is 8.06. The lowest BCUT2D eigenvalue weighted by atomic mass is 10.3. The van der Waals surface area contributed by atoms with Crippen molar-refractivity contribution in [2.24, 2.45) is 0 Å². The van der Waals surface area contributed by atoms with Gasteiger partial charge in [-0.1, -0.05) is 36.7 Å². The van der Waals surface area contributed by atoms with Crippen molar-refractivity contribution in [1.82, 2.24) is 20.4 Å².